The van der Waals surface area contributed by atoms with Gasteiger partial charge in [0.05, 0.1) is 19.8 Å². The summed E-state index contributed by atoms with van der Waals surface area (Å²) in [6.45, 7) is 0. The quantitative estimate of drug-likeness (QED) is 0.397. The summed E-state index contributed by atoms with van der Waals surface area (Å²) in [4.78, 5) is 17.9. The number of ether oxygens (including phenoxy) is 1. The van der Waals surface area contributed by atoms with Gasteiger partial charge in [-0.1, -0.05) is 0 Å². The van der Waals surface area contributed by atoms with Crippen molar-refractivity contribution in [1.29, 1.82) is 0 Å². The number of carbonyl (C=O) groups excluding carboxylic acids is 1. The summed E-state index contributed by atoms with van der Waals surface area (Å²) in [5, 5.41) is -0.502. The first-order valence-electron chi connectivity index (χ1n) is 3.72. The molecule has 8 heteroatoms. The fraction of sp³-hybridized carbons (Fsp3) is 0.286. The van der Waals surface area contributed by atoms with Gasteiger partial charge < -0.3 is 4.74 Å². The third kappa shape index (κ3) is 2.48. The first-order valence-corrected chi connectivity index (χ1v) is 5.13. The van der Waals surface area contributed by atoms with Crippen LogP contribution < -0.4 is 0 Å². The largest absolute Gasteiger partial charge is 0.465 e. The Morgan fingerprint density at radius 1 is 1.27 bits per heavy atom. The van der Waals surface area contributed by atoms with Crippen molar-refractivity contribution in [2.75, 3.05) is 14.2 Å². The lowest BCUT2D eigenvalue weighted by molar-refractivity contribution is 0.0599. The monoisotopic (exact) mass is 232 g/mol. The zero-order valence-electron chi connectivity index (χ0n) is 8.00. The average molecular weight is 232 g/mol. The van der Waals surface area contributed by atoms with E-state index in [9.17, 15) is 13.2 Å². The molecular weight excluding hydrogens is 224 g/mol. The van der Waals surface area contributed by atoms with Crippen LogP contribution in [0.2, 0.25) is 0 Å². The molecule has 7 nitrogen and oxygen atoms in total. The number of hydrogen-bond donors (Lipinski definition) is 0. The van der Waals surface area contributed by atoms with Gasteiger partial charge in [0.25, 0.3) is 5.16 Å². The molecule has 0 bridgehead atoms. The second-order valence-corrected chi connectivity index (χ2v) is 3.97. The summed E-state index contributed by atoms with van der Waals surface area (Å²) >= 11 is 0. The molecule has 0 saturated heterocycles. The van der Waals surface area contributed by atoms with E-state index in [1.165, 1.54) is 7.11 Å². The molecule has 0 aromatic carbocycles. The van der Waals surface area contributed by atoms with Crippen molar-refractivity contribution in [1.82, 2.24) is 9.97 Å². The van der Waals surface area contributed by atoms with Crippen molar-refractivity contribution in [2.24, 2.45) is 0 Å². The van der Waals surface area contributed by atoms with Gasteiger partial charge in [-0.05, 0) is 0 Å². The van der Waals surface area contributed by atoms with Gasteiger partial charge in [-0.3, -0.25) is 4.18 Å². The summed E-state index contributed by atoms with van der Waals surface area (Å²) in [7, 11) is -1.73. The van der Waals surface area contributed by atoms with Gasteiger partial charge in [0.2, 0.25) is 0 Å². The highest BCUT2D eigenvalue weighted by molar-refractivity contribution is 7.86. The molecule has 0 aliphatic heterocycles. The number of rotatable bonds is 3. The van der Waals surface area contributed by atoms with Crippen LogP contribution in [0.15, 0.2) is 17.6 Å². The van der Waals surface area contributed by atoms with E-state index in [4.69, 9.17) is 0 Å². The maximum atomic E-state index is 11.1. The second kappa shape index (κ2) is 4.32. The Hall–Kier alpha value is -1.54. The molecule has 1 heterocycles. The minimum Gasteiger partial charge on any atom is -0.465 e. The maximum absolute atomic E-state index is 11.1. The number of hydrogen-bond acceptors (Lipinski definition) is 7. The number of carbonyl (C=O) groups is 1. The summed E-state index contributed by atoms with van der Waals surface area (Å²) in [5.74, 6) is -0.642. The van der Waals surface area contributed by atoms with Crippen LogP contribution in [-0.2, 0) is 19.0 Å². The van der Waals surface area contributed by atoms with Crippen molar-refractivity contribution in [3.05, 3.63) is 18.0 Å². The molecule has 0 amide bonds. The molecule has 0 saturated carbocycles. The third-order valence-electron chi connectivity index (χ3n) is 1.49. The molecule has 82 valence electrons. The number of aromatic nitrogens is 2. The lowest BCUT2D eigenvalue weighted by Crippen LogP contribution is -2.10. The van der Waals surface area contributed by atoms with Crippen LogP contribution in [0, 0.1) is 0 Å². The molecule has 1 aromatic rings. The standard InChI is InChI=1S/C7H8N2O5S/c1-13-6(10)5-3-8-7(9-4-5)15(11,12)14-2/h3-4H,1-2H3. The fourth-order valence-corrected chi connectivity index (χ4v) is 1.26. The average Bonchev–Trinajstić information content (AvgIpc) is 2.28. The van der Waals surface area contributed by atoms with Gasteiger partial charge in [-0.15, -0.1) is 0 Å². The predicted octanol–water partition coefficient (Wildman–Crippen LogP) is -0.402. The topological polar surface area (TPSA) is 95.5 Å². The number of nitrogens with zero attached hydrogens (tertiary/aromatic N) is 2. The van der Waals surface area contributed by atoms with Crippen LogP contribution >= 0.6 is 0 Å². The number of esters is 1. The van der Waals surface area contributed by atoms with Crippen LogP contribution in [-0.4, -0.2) is 38.6 Å². The Kier molecular flexibility index (Phi) is 3.32. The van der Waals surface area contributed by atoms with E-state index < -0.39 is 21.2 Å². The molecule has 0 atom stereocenters. The van der Waals surface area contributed by atoms with Gasteiger partial charge in [-0.2, -0.15) is 8.42 Å². The van der Waals surface area contributed by atoms with Gasteiger partial charge in [0.1, 0.15) is 0 Å². The van der Waals surface area contributed by atoms with E-state index in [0.717, 1.165) is 19.5 Å². The van der Waals surface area contributed by atoms with Crippen molar-refractivity contribution in [3.8, 4) is 0 Å². The van der Waals surface area contributed by atoms with Crippen molar-refractivity contribution in [3.63, 3.8) is 0 Å². The van der Waals surface area contributed by atoms with E-state index >= 15 is 0 Å². The summed E-state index contributed by atoms with van der Waals surface area (Å²) in [6, 6.07) is 0. The predicted molar refractivity (Wildman–Crippen MR) is 47.6 cm³/mol. The SMILES string of the molecule is COC(=O)c1cnc(S(=O)(=O)OC)nc1. The lowest BCUT2D eigenvalue weighted by atomic mass is 10.4. The Morgan fingerprint density at radius 3 is 2.20 bits per heavy atom. The normalized spacial score (nSPS) is 11.1. The minimum absolute atomic E-state index is 0.0625. The molecule has 0 aliphatic carbocycles. The van der Waals surface area contributed by atoms with E-state index in [1.807, 2.05) is 0 Å². The van der Waals surface area contributed by atoms with E-state index in [1.54, 1.807) is 0 Å². The van der Waals surface area contributed by atoms with E-state index in [2.05, 4.69) is 18.9 Å². The summed E-state index contributed by atoms with van der Waals surface area (Å²) in [5.41, 5.74) is 0.0625. The highest BCUT2D eigenvalue weighted by Crippen LogP contribution is 2.05. The van der Waals surface area contributed by atoms with Gasteiger partial charge >= 0.3 is 16.1 Å². The minimum atomic E-state index is -3.92. The molecule has 0 aliphatic rings. The maximum Gasteiger partial charge on any atom is 0.341 e. The lowest BCUT2D eigenvalue weighted by Gasteiger charge is -2.00. The zero-order chi connectivity index (χ0) is 11.5. The highest BCUT2D eigenvalue weighted by atomic mass is 32.2. The van der Waals surface area contributed by atoms with Gasteiger partial charge in [-0.25, -0.2) is 14.8 Å². The third-order valence-corrected chi connectivity index (χ3v) is 2.59. The molecule has 1 rings (SSSR count). The Bertz CT molecular complexity index is 453. The van der Waals surface area contributed by atoms with Crippen LogP contribution in [0.25, 0.3) is 0 Å². The second-order valence-electron chi connectivity index (χ2n) is 2.37. The Morgan fingerprint density at radius 2 is 1.80 bits per heavy atom. The van der Waals surface area contributed by atoms with E-state index in [-0.39, 0.29) is 5.56 Å². The molecular formula is C7H8N2O5S. The van der Waals surface area contributed by atoms with Crippen LogP contribution in [0.3, 0.4) is 0 Å². The van der Waals surface area contributed by atoms with Crippen molar-refractivity contribution in [2.45, 2.75) is 5.16 Å². The first kappa shape index (κ1) is 11.5. The number of methoxy groups -OCH3 is 1. The van der Waals surface area contributed by atoms with Crippen LogP contribution in [0.4, 0.5) is 0 Å². The van der Waals surface area contributed by atoms with Crippen LogP contribution in [0.5, 0.6) is 0 Å². The highest BCUT2D eigenvalue weighted by Gasteiger charge is 2.17. The molecule has 15 heavy (non-hydrogen) atoms. The van der Waals surface area contributed by atoms with E-state index in [0.29, 0.717) is 0 Å². The van der Waals surface area contributed by atoms with Crippen LogP contribution in [0.1, 0.15) is 10.4 Å². The van der Waals surface area contributed by atoms with Crippen molar-refractivity contribution >= 4 is 16.1 Å². The molecule has 0 radical (unpaired) electrons. The molecule has 0 spiro atoms. The molecule has 0 fully saturated rings. The van der Waals surface area contributed by atoms with Crippen molar-refractivity contribution < 1.29 is 22.1 Å². The summed E-state index contributed by atoms with van der Waals surface area (Å²) < 4.78 is 30.7. The molecule has 0 unspecified atom stereocenters. The fourth-order valence-electron chi connectivity index (χ4n) is 0.743. The first-order chi connectivity index (χ1) is 7.01. The van der Waals surface area contributed by atoms with Gasteiger partial charge in [0.15, 0.2) is 0 Å². The zero-order valence-corrected chi connectivity index (χ0v) is 8.82. The molecule has 1 aromatic heterocycles. The molecule has 0 N–H and O–H groups in total. The van der Waals surface area contributed by atoms with Gasteiger partial charge in [0, 0.05) is 12.4 Å². The Balaban J connectivity index is 3.06. The Labute approximate surface area is 86.2 Å². The summed E-state index contributed by atoms with van der Waals surface area (Å²) in [6.07, 6.45) is 2.09. The smallest absolute Gasteiger partial charge is 0.341 e.